The standard InChI is InChI=1S/C13H19N3O2/c1-10(2)14-8-11(17)9-18-13-4-3-7-16-12(13)5-6-15-16/h3-7,10-11,14,17H,8-9H2,1-2H3/t11-/m0/s1. The lowest BCUT2D eigenvalue weighted by Gasteiger charge is -2.15. The SMILES string of the molecule is CC(C)NC[C@H](O)COc1cccn2nccc12. The summed E-state index contributed by atoms with van der Waals surface area (Å²) in [4.78, 5) is 0. The van der Waals surface area contributed by atoms with Crippen LogP contribution in [0.25, 0.3) is 5.52 Å². The molecule has 2 rings (SSSR count). The number of fused-ring (bicyclic) bond motifs is 1. The molecule has 0 aliphatic rings. The number of ether oxygens (including phenoxy) is 1. The Balaban J connectivity index is 1.91. The summed E-state index contributed by atoms with van der Waals surface area (Å²) in [6, 6.07) is 5.99. The monoisotopic (exact) mass is 249 g/mol. The first-order chi connectivity index (χ1) is 8.66. The van der Waals surface area contributed by atoms with Gasteiger partial charge in [0.1, 0.15) is 24.0 Å². The number of hydrogen-bond acceptors (Lipinski definition) is 4. The molecule has 1 atom stereocenters. The summed E-state index contributed by atoms with van der Waals surface area (Å²) in [5, 5.41) is 17.1. The number of rotatable bonds is 6. The summed E-state index contributed by atoms with van der Waals surface area (Å²) in [7, 11) is 0. The number of aromatic nitrogens is 2. The summed E-state index contributed by atoms with van der Waals surface area (Å²) in [5.74, 6) is 0.735. The van der Waals surface area contributed by atoms with Gasteiger partial charge in [0, 0.05) is 18.8 Å². The molecule has 0 aliphatic carbocycles. The van der Waals surface area contributed by atoms with Gasteiger partial charge in [-0.05, 0) is 18.2 Å². The predicted molar refractivity (Wildman–Crippen MR) is 69.8 cm³/mol. The molecule has 0 bridgehead atoms. The van der Waals surface area contributed by atoms with Crippen molar-refractivity contribution in [1.82, 2.24) is 14.9 Å². The van der Waals surface area contributed by atoms with Crippen LogP contribution in [-0.2, 0) is 0 Å². The van der Waals surface area contributed by atoms with E-state index in [1.54, 1.807) is 10.7 Å². The fourth-order valence-electron chi connectivity index (χ4n) is 1.66. The van der Waals surface area contributed by atoms with Gasteiger partial charge in [0.15, 0.2) is 0 Å². The number of aliphatic hydroxyl groups excluding tert-OH is 1. The van der Waals surface area contributed by atoms with Gasteiger partial charge in [-0.2, -0.15) is 5.10 Å². The predicted octanol–water partition coefficient (Wildman–Crippen LogP) is 1.07. The van der Waals surface area contributed by atoms with Crippen LogP contribution in [-0.4, -0.2) is 40.0 Å². The molecular weight excluding hydrogens is 230 g/mol. The Morgan fingerprint density at radius 1 is 1.44 bits per heavy atom. The van der Waals surface area contributed by atoms with E-state index in [0.717, 1.165) is 11.3 Å². The van der Waals surface area contributed by atoms with E-state index in [1.165, 1.54) is 0 Å². The van der Waals surface area contributed by atoms with Gasteiger partial charge in [0.25, 0.3) is 0 Å². The zero-order chi connectivity index (χ0) is 13.0. The van der Waals surface area contributed by atoms with Gasteiger partial charge in [0.2, 0.25) is 0 Å². The second kappa shape index (κ2) is 5.84. The van der Waals surface area contributed by atoms with E-state index in [9.17, 15) is 5.11 Å². The molecule has 2 aromatic rings. The highest BCUT2D eigenvalue weighted by atomic mass is 16.5. The van der Waals surface area contributed by atoms with Crippen LogP contribution in [0.15, 0.2) is 30.6 Å². The topological polar surface area (TPSA) is 58.8 Å². The molecule has 0 radical (unpaired) electrons. The Labute approximate surface area is 106 Å². The maximum absolute atomic E-state index is 9.77. The van der Waals surface area contributed by atoms with Crippen LogP contribution in [0.5, 0.6) is 5.75 Å². The molecule has 0 saturated carbocycles. The number of pyridine rings is 1. The highest BCUT2D eigenvalue weighted by molar-refractivity contribution is 5.58. The van der Waals surface area contributed by atoms with E-state index < -0.39 is 6.10 Å². The third-order valence-corrected chi connectivity index (χ3v) is 2.59. The second-order valence-electron chi connectivity index (χ2n) is 4.56. The highest BCUT2D eigenvalue weighted by Gasteiger charge is 2.08. The van der Waals surface area contributed by atoms with E-state index in [1.807, 2.05) is 38.2 Å². The van der Waals surface area contributed by atoms with Gasteiger partial charge in [-0.3, -0.25) is 0 Å². The molecule has 0 aliphatic heterocycles. The maximum Gasteiger partial charge on any atom is 0.145 e. The van der Waals surface area contributed by atoms with Crippen LogP contribution in [0.3, 0.4) is 0 Å². The van der Waals surface area contributed by atoms with Gasteiger partial charge in [0.05, 0.1) is 6.20 Å². The third-order valence-electron chi connectivity index (χ3n) is 2.59. The Hall–Kier alpha value is -1.59. The van der Waals surface area contributed by atoms with Crippen molar-refractivity contribution in [2.24, 2.45) is 0 Å². The lowest BCUT2D eigenvalue weighted by molar-refractivity contribution is 0.105. The molecule has 0 saturated heterocycles. The van der Waals surface area contributed by atoms with Gasteiger partial charge in [-0.15, -0.1) is 0 Å². The first-order valence-electron chi connectivity index (χ1n) is 6.13. The van der Waals surface area contributed by atoms with Crippen LogP contribution in [0.4, 0.5) is 0 Å². The normalized spacial score (nSPS) is 13.1. The second-order valence-corrected chi connectivity index (χ2v) is 4.56. The van der Waals surface area contributed by atoms with Crippen molar-refractivity contribution >= 4 is 5.52 Å². The summed E-state index contributed by atoms with van der Waals surface area (Å²) in [5.41, 5.74) is 0.904. The Morgan fingerprint density at radius 2 is 2.28 bits per heavy atom. The molecule has 2 heterocycles. The fraction of sp³-hybridized carbons (Fsp3) is 0.462. The van der Waals surface area contributed by atoms with E-state index in [2.05, 4.69) is 10.4 Å². The molecule has 18 heavy (non-hydrogen) atoms. The molecule has 0 amide bonds. The summed E-state index contributed by atoms with van der Waals surface area (Å²) in [6.07, 6.45) is 3.06. The minimum absolute atomic E-state index is 0.268. The van der Waals surface area contributed by atoms with E-state index in [-0.39, 0.29) is 6.61 Å². The van der Waals surface area contributed by atoms with E-state index in [4.69, 9.17) is 4.74 Å². The average Bonchev–Trinajstić information content (AvgIpc) is 2.82. The maximum atomic E-state index is 9.77. The molecule has 0 fully saturated rings. The first kappa shape index (κ1) is 12.9. The van der Waals surface area contributed by atoms with Gasteiger partial charge >= 0.3 is 0 Å². The minimum atomic E-state index is -0.518. The largest absolute Gasteiger partial charge is 0.489 e. The zero-order valence-electron chi connectivity index (χ0n) is 10.7. The van der Waals surface area contributed by atoms with Crippen molar-refractivity contribution in [3.8, 4) is 5.75 Å². The number of hydrogen-bond donors (Lipinski definition) is 2. The van der Waals surface area contributed by atoms with Crippen molar-refractivity contribution in [2.75, 3.05) is 13.2 Å². The van der Waals surface area contributed by atoms with Crippen molar-refractivity contribution in [1.29, 1.82) is 0 Å². The molecule has 0 spiro atoms. The van der Waals surface area contributed by atoms with Crippen molar-refractivity contribution in [2.45, 2.75) is 26.0 Å². The van der Waals surface area contributed by atoms with E-state index in [0.29, 0.717) is 12.6 Å². The van der Waals surface area contributed by atoms with Gasteiger partial charge in [-0.25, -0.2) is 4.52 Å². The number of nitrogens with one attached hydrogen (secondary N) is 1. The molecule has 2 aromatic heterocycles. The summed E-state index contributed by atoms with van der Waals surface area (Å²) < 4.78 is 7.36. The molecule has 5 nitrogen and oxygen atoms in total. The molecular formula is C13H19N3O2. The van der Waals surface area contributed by atoms with E-state index >= 15 is 0 Å². The number of aliphatic hydroxyl groups is 1. The van der Waals surface area contributed by atoms with Crippen LogP contribution in [0.2, 0.25) is 0 Å². The third kappa shape index (κ3) is 3.21. The van der Waals surface area contributed by atoms with Crippen LogP contribution in [0.1, 0.15) is 13.8 Å². The molecule has 5 heteroatoms. The Morgan fingerprint density at radius 3 is 3.06 bits per heavy atom. The van der Waals surface area contributed by atoms with Gasteiger partial charge in [-0.1, -0.05) is 13.8 Å². The lowest BCUT2D eigenvalue weighted by Crippen LogP contribution is -2.35. The average molecular weight is 249 g/mol. The zero-order valence-corrected chi connectivity index (χ0v) is 10.7. The van der Waals surface area contributed by atoms with Crippen LogP contribution < -0.4 is 10.1 Å². The highest BCUT2D eigenvalue weighted by Crippen LogP contribution is 2.18. The molecule has 2 N–H and O–H groups in total. The van der Waals surface area contributed by atoms with Crippen LogP contribution in [0, 0.1) is 0 Å². The first-order valence-corrected chi connectivity index (χ1v) is 6.13. The number of nitrogens with zero attached hydrogens (tertiary/aromatic N) is 2. The molecule has 0 unspecified atom stereocenters. The Kier molecular flexibility index (Phi) is 4.17. The smallest absolute Gasteiger partial charge is 0.145 e. The Bertz CT molecular complexity index is 496. The lowest BCUT2D eigenvalue weighted by atomic mass is 10.3. The minimum Gasteiger partial charge on any atom is -0.489 e. The van der Waals surface area contributed by atoms with Crippen LogP contribution >= 0.6 is 0 Å². The fourth-order valence-corrected chi connectivity index (χ4v) is 1.66. The van der Waals surface area contributed by atoms with Crippen molar-refractivity contribution in [3.05, 3.63) is 30.6 Å². The molecule has 98 valence electrons. The van der Waals surface area contributed by atoms with Gasteiger partial charge < -0.3 is 15.2 Å². The van der Waals surface area contributed by atoms with Crippen molar-refractivity contribution in [3.63, 3.8) is 0 Å². The summed E-state index contributed by atoms with van der Waals surface area (Å²) >= 11 is 0. The summed E-state index contributed by atoms with van der Waals surface area (Å²) in [6.45, 7) is 4.88. The quantitative estimate of drug-likeness (QED) is 0.804. The molecule has 0 aromatic carbocycles. The van der Waals surface area contributed by atoms with Crippen molar-refractivity contribution < 1.29 is 9.84 Å².